The van der Waals surface area contributed by atoms with E-state index in [2.05, 4.69) is 10.4 Å². The average molecular weight is 397 g/mol. The molecule has 0 saturated heterocycles. The third-order valence-corrected chi connectivity index (χ3v) is 4.34. The molecule has 0 bridgehead atoms. The Hall–Kier alpha value is -3.55. The molecule has 0 saturated carbocycles. The molecule has 8 heteroatoms. The van der Waals surface area contributed by atoms with Crippen LogP contribution in [0.3, 0.4) is 0 Å². The molecule has 0 fully saturated rings. The summed E-state index contributed by atoms with van der Waals surface area (Å²) in [4.78, 5) is 12.8. The number of rotatable bonds is 7. The van der Waals surface area contributed by atoms with E-state index in [1.54, 1.807) is 18.3 Å². The van der Waals surface area contributed by atoms with Crippen LogP contribution in [0.1, 0.15) is 29.4 Å². The molecule has 1 aromatic heterocycles. The molecular formula is C21H20FN3O4. The number of fused-ring (bicyclic) bond motifs is 1. The second kappa shape index (κ2) is 8.22. The average Bonchev–Trinajstić information content (AvgIpc) is 3.37. The SMILES string of the molecule is CCCOc1cn(-c2ccc(F)cc2)nc1C(=O)NCc1ccc2c(c1)OCO2. The van der Waals surface area contributed by atoms with Gasteiger partial charge in [0, 0.05) is 6.54 Å². The van der Waals surface area contributed by atoms with Crippen molar-refractivity contribution in [2.24, 2.45) is 0 Å². The van der Waals surface area contributed by atoms with Crippen molar-refractivity contribution in [3.05, 3.63) is 65.7 Å². The van der Waals surface area contributed by atoms with E-state index in [1.165, 1.54) is 16.8 Å². The summed E-state index contributed by atoms with van der Waals surface area (Å²) in [5.41, 5.74) is 1.67. The van der Waals surface area contributed by atoms with Gasteiger partial charge in [-0.15, -0.1) is 0 Å². The second-order valence-corrected chi connectivity index (χ2v) is 6.48. The number of carbonyl (C=O) groups is 1. The summed E-state index contributed by atoms with van der Waals surface area (Å²) in [6, 6.07) is 11.3. The Balaban J connectivity index is 1.52. The first-order valence-electron chi connectivity index (χ1n) is 9.29. The van der Waals surface area contributed by atoms with Crippen LogP contribution in [0.5, 0.6) is 17.2 Å². The van der Waals surface area contributed by atoms with Crippen molar-refractivity contribution in [1.29, 1.82) is 0 Å². The molecule has 0 atom stereocenters. The molecule has 0 aliphatic carbocycles. The Kier molecular flexibility index (Phi) is 5.33. The standard InChI is InChI=1S/C21H20FN3O4/c1-2-9-27-19-12-25(16-6-4-15(22)5-7-16)24-20(19)21(26)23-11-14-3-8-17-18(10-14)29-13-28-17/h3-8,10,12H,2,9,11,13H2,1H3,(H,23,26). The summed E-state index contributed by atoms with van der Waals surface area (Å²) in [6.07, 6.45) is 2.42. The van der Waals surface area contributed by atoms with Crippen LogP contribution in [0.15, 0.2) is 48.7 Å². The Bertz CT molecular complexity index is 1020. The van der Waals surface area contributed by atoms with Crippen LogP contribution >= 0.6 is 0 Å². The van der Waals surface area contributed by atoms with Gasteiger partial charge in [0.1, 0.15) is 5.82 Å². The minimum Gasteiger partial charge on any atom is -0.489 e. The predicted molar refractivity (Wildman–Crippen MR) is 103 cm³/mol. The van der Waals surface area contributed by atoms with Crippen molar-refractivity contribution in [2.45, 2.75) is 19.9 Å². The van der Waals surface area contributed by atoms with Crippen LogP contribution in [0.4, 0.5) is 4.39 Å². The molecule has 2 aromatic carbocycles. The van der Waals surface area contributed by atoms with Gasteiger partial charge >= 0.3 is 0 Å². The lowest BCUT2D eigenvalue weighted by Crippen LogP contribution is -2.24. The molecule has 29 heavy (non-hydrogen) atoms. The summed E-state index contributed by atoms with van der Waals surface area (Å²) in [5, 5.41) is 7.19. The topological polar surface area (TPSA) is 74.6 Å². The molecule has 0 spiro atoms. The number of hydrogen-bond acceptors (Lipinski definition) is 5. The Morgan fingerprint density at radius 3 is 2.79 bits per heavy atom. The van der Waals surface area contributed by atoms with Crippen LogP contribution in [0, 0.1) is 5.82 Å². The van der Waals surface area contributed by atoms with E-state index in [9.17, 15) is 9.18 Å². The van der Waals surface area contributed by atoms with Crippen LogP contribution in [0.25, 0.3) is 5.69 Å². The van der Waals surface area contributed by atoms with E-state index < -0.39 is 0 Å². The van der Waals surface area contributed by atoms with E-state index in [4.69, 9.17) is 14.2 Å². The minimum atomic E-state index is -0.366. The van der Waals surface area contributed by atoms with Crippen LogP contribution in [-0.4, -0.2) is 29.1 Å². The lowest BCUT2D eigenvalue weighted by Gasteiger charge is -2.07. The fourth-order valence-corrected chi connectivity index (χ4v) is 2.88. The molecule has 4 rings (SSSR count). The van der Waals surface area contributed by atoms with Gasteiger partial charge in [-0.1, -0.05) is 13.0 Å². The van der Waals surface area contributed by atoms with Gasteiger partial charge in [0.05, 0.1) is 18.5 Å². The van der Waals surface area contributed by atoms with Crippen LogP contribution in [0.2, 0.25) is 0 Å². The van der Waals surface area contributed by atoms with E-state index in [0.717, 1.165) is 12.0 Å². The number of hydrogen-bond donors (Lipinski definition) is 1. The van der Waals surface area contributed by atoms with E-state index in [-0.39, 0.29) is 24.2 Å². The van der Waals surface area contributed by atoms with Crippen molar-refractivity contribution < 1.29 is 23.4 Å². The van der Waals surface area contributed by atoms with Crippen LogP contribution in [-0.2, 0) is 6.54 Å². The Morgan fingerprint density at radius 2 is 2.00 bits per heavy atom. The maximum atomic E-state index is 13.2. The van der Waals surface area contributed by atoms with Crippen molar-refractivity contribution in [3.63, 3.8) is 0 Å². The first-order chi connectivity index (χ1) is 14.1. The van der Waals surface area contributed by atoms with Gasteiger partial charge in [-0.05, 0) is 48.4 Å². The van der Waals surface area contributed by atoms with Crippen molar-refractivity contribution in [3.8, 4) is 22.9 Å². The normalized spacial score (nSPS) is 12.1. The van der Waals surface area contributed by atoms with Crippen LogP contribution < -0.4 is 19.5 Å². The zero-order valence-corrected chi connectivity index (χ0v) is 15.9. The molecular weight excluding hydrogens is 377 g/mol. The van der Waals surface area contributed by atoms with Gasteiger partial charge in [-0.3, -0.25) is 4.79 Å². The number of benzene rings is 2. The molecule has 1 N–H and O–H groups in total. The number of nitrogens with one attached hydrogen (secondary N) is 1. The lowest BCUT2D eigenvalue weighted by molar-refractivity contribution is 0.0941. The van der Waals surface area contributed by atoms with Gasteiger partial charge in [0.15, 0.2) is 22.9 Å². The first-order valence-corrected chi connectivity index (χ1v) is 9.29. The number of nitrogens with zero attached hydrogens (tertiary/aromatic N) is 2. The number of carbonyl (C=O) groups excluding carboxylic acids is 1. The monoisotopic (exact) mass is 397 g/mol. The smallest absolute Gasteiger partial charge is 0.275 e. The summed E-state index contributed by atoms with van der Waals surface area (Å²) in [7, 11) is 0. The maximum Gasteiger partial charge on any atom is 0.275 e. The second-order valence-electron chi connectivity index (χ2n) is 6.48. The number of halogens is 1. The third kappa shape index (κ3) is 4.16. The highest BCUT2D eigenvalue weighted by molar-refractivity contribution is 5.94. The fourth-order valence-electron chi connectivity index (χ4n) is 2.88. The molecule has 0 unspecified atom stereocenters. The largest absolute Gasteiger partial charge is 0.489 e. The van der Waals surface area contributed by atoms with Gasteiger partial charge < -0.3 is 19.5 Å². The Labute approximate surface area is 167 Å². The quantitative estimate of drug-likeness (QED) is 0.661. The van der Waals surface area contributed by atoms with Crippen molar-refractivity contribution in [1.82, 2.24) is 15.1 Å². The molecule has 3 aromatic rings. The van der Waals surface area contributed by atoms with Gasteiger partial charge in [-0.2, -0.15) is 5.10 Å². The first kappa shape index (κ1) is 18.8. The van der Waals surface area contributed by atoms with Gasteiger partial charge in [-0.25, -0.2) is 9.07 Å². The van der Waals surface area contributed by atoms with E-state index in [0.29, 0.717) is 36.1 Å². The summed E-state index contributed by atoms with van der Waals surface area (Å²) >= 11 is 0. The van der Waals surface area contributed by atoms with E-state index in [1.807, 2.05) is 25.1 Å². The van der Waals surface area contributed by atoms with Gasteiger partial charge in [0.25, 0.3) is 5.91 Å². The summed E-state index contributed by atoms with van der Waals surface area (Å²) < 4.78 is 31.0. The molecule has 1 amide bonds. The summed E-state index contributed by atoms with van der Waals surface area (Å²) in [5.74, 6) is 1.01. The molecule has 150 valence electrons. The highest BCUT2D eigenvalue weighted by Crippen LogP contribution is 2.32. The Morgan fingerprint density at radius 1 is 1.21 bits per heavy atom. The molecule has 0 radical (unpaired) electrons. The van der Waals surface area contributed by atoms with Gasteiger partial charge in [0.2, 0.25) is 6.79 Å². The van der Waals surface area contributed by atoms with Crippen molar-refractivity contribution in [2.75, 3.05) is 13.4 Å². The predicted octanol–water partition coefficient (Wildman–Crippen LogP) is 3.46. The highest BCUT2D eigenvalue weighted by Gasteiger charge is 2.20. The number of amides is 1. The lowest BCUT2D eigenvalue weighted by atomic mass is 10.2. The summed E-state index contributed by atoms with van der Waals surface area (Å²) in [6.45, 7) is 2.93. The fraction of sp³-hybridized carbons (Fsp3) is 0.238. The van der Waals surface area contributed by atoms with E-state index >= 15 is 0 Å². The zero-order chi connectivity index (χ0) is 20.2. The molecule has 2 heterocycles. The number of aromatic nitrogens is 2. The molecule has 7 nitrogen and oxygen atoms in total. The third-order valence-electron chi connectivity index (χ3n) is 4.34. The highest BCUT2D eigenvalue weighted by atomic mass is 19.1. The van der Waals surface area contributed by atoms with Crippen molar-refractivity contribution >= 4 is 5.91 Å². The zero-order valence-electron chi connectivity index (χ0n) is 15.9. The minimum absolute atomic E-state index is 0.170. The molecule has 1 aliphatic heterocycles. The number of ether oxygens (including phenoxy) is 3. The molecule has 1 aliphatic rings. The maximum absolute atomic E-state index is 13.2.